The maximum absolute atomic E-state index is 12.7. The minimum Gasteiger partial charge on any atom is -0.215 e. The molecule has 0 saturated heterocycles. The van der Waals surface area contributed by atoms with E-state index in [4.69, 9.17) is 0 Å². The first-order valence-electron chi connectivity index (χ1n) is 4.48. The number of rotatable bonds is 2. The molecule has 0 atom stereocenters. The molecule has 0 aliphatic rings. The number of nitrogens with zero attached hydrogens (tertiary/aromatic N) is 3. The van der Waals surface area contributed by atoms with Crippen molar-refractivity contribution >= 4 is 9.84 Å². The van der Waals surface area contributed by atoms with Crippen molar-refractivity contribution in [2.75, 3.05) is 0 Å². The second-order valence-corrected chi connectivity index (χ2v) is 5.00. The maximum Gasteiger partial charge on any atom is 0.417 e. The third-order valence-corrected chi connectivity index (χ3v) is 3.64. The number of H-pyrrole nitrogens is 1. The lowest BCUT2D eigenvalue weighted by Crippen LogP contribution is -2.14. The van der Waals surface area contributed by atoms with Gasteiger partial charge in [0.2, 0.25) is 9.84 Å². The standard InChI is InChI=1S/C8H5F3N4O2S/c9-8(10,11)5-3-1-2-4-6(5)18(16,17)7-12-14-15-13-7/h1-4H,(H,12,13,14,15). The molecule has 1 aromatic carbocycles. The Balaban J connectivity index is 2.67. The van der Waals surface area contributed by atoms with E-state index in [1.165, 1.54) is 6.07 Å². The third kappa shape index (κ3) is 2.06. The summed E-state index contributed by atoms with van der Waals surface area (Å²) in [4.78, 5) is -0.904. The highest BCUT2D eigenvalue weighted by atomic mass is 32.2. The van der Waals surface area contributed by atoms with Crippen LogP contribution >= 0.6 is 0 Å². The normalized spacial score (nSPS) is 12.6. The third-order valence-electron chi connectivity index (χ3n) is 2.05. The molecule has 1 aromatic heterocycles. The Morgan fingerprint density at radius 2 is 1.83 bits per heavy atom. The molecule has 96 valence electrons. The van der Waals surface area contributed by atoms with Crippen LogP contribution in [0.2, 0.25) is 0 Å². The Morgan fingerprint density at radius 3 is 2.39 bits per heavy atom. The Morgan fingerprint density at radius 1 is 1.17 bits per heavy atom. The van der Waals surface area contributed by atoms with Gasteiger partial charge in [-0.3, -0.25) is 0 Å². The summed E-state index contributed by atoms with van der Waals surface area (Å²) in [5.74, 6) is 0. The predicted octanol–water partition coefficient (Wildman–Crippen LogP) is 1.05. The van der Waals surface area contributed by atoms with Crippen LogP contribution < -0.4 is 0 Å². The van der Waals surface area contributed by atoms with E-state index in [1.54, 1.807) is 0 Å². The molecule has 0 fully saturated rings. The summed E-state index contributed by atoms with van der Waals surface area (Å²) >= 11 is 0. The monoisotopic (exact) mass is 278 g/mol. The fraction of sp³-hybridized carbons (Fsp3) is 0.125. The van der Waals surface area contributed by atoms with Gasteiger partial charge >= 0.3 is 6.18 Å². The molecule has 0 unspecified atom stereocenters. The zero-order chi connectivity index (χ0) is 13.4. The van der Waals surface area contributed by atoms with Gasteiger partial charge < -0.3 is 0 Å². The van der Waals surface area contributed by atoms with Gasteiger partial charge in [0.05, 0.1) is 10.5 Å². The average molecular weight is 278 g/mol. The first-order valence-corrected chi connectivity index (χ1v) is 5.96. The van der Waals surface area contributed by atoms with Gasteiger partial charge in [-0.15, -0.1) is 5.10 Å². The highest BCUT2D eigenvalue weighted by Gasteiger charge is 2.38. The number of aromatic amines is 1. The molecule has 6 nitrogen and oxygen atoms in total. The molecular weight excluding hydrogens is 273 g/mol. The van der Waals surface area contributed by atoms with E-state index in [0.29, 0.717) is 6.07 Å². The Kier molecular flexibility index (Phi) is 2.81. The number of nitrogens with one attached hydrogen (secondary N) is 1. The summed E-state index contributed by atoms with van der Waals surface area (Å²) in [6.45, 7) is 0. The van der Waals surface area contributed by atoms with Crippen LogP contribution in [0.15, 0.2) is 34.3 Å². The summed E-state index contributed by atoms with van der Waals surface area (Å²) in [5, 5.41) is 10.4. The van der Waals surface area contributed by atoms with Crippen molar-refractivity contribution in [3.8, 4) is 0 Å². The van der Waals surface area contributed by atoms with Crippen LogP contribution in [0, 0.1) is 0 Å². The van der Waals surface area contributed by atoms with Crippen LogP contribution in [0.1, 0.15) is 5.56 Å². The second kappa shape index (κ2) is 4.05. The average Bonchev–Trinajstić information content (AvgIpc) is 2.82. The van der Waals surface area contributed by atoms with Crippen LogP contribution in [0.25, 0.3) is 0 Å². The Hall–Kier alpha value is -1.97. The van der Waals surface area contributed by atoms with Gasteiger partial charge in [-0.05, 0) is 17.3 Å². The SMILES string of the molecule is O=S(=O)(c1nn[nH]n1)c1ccccc1C(F)(F)F. The van der Waals surface area contributed by atoms with E-state index >= 15 is 0 Å². The first kappa shape index (κ1) is 12.5. The maximum atomic E-state index is 12.7. The van der Waals surface area contributed by atoms with Crippen LogP contribution in [0.4, 0.5) is 13.2 Å². The van der Waals surface area contributed by atoms with Crippen molar-refractivity contribution in [1.82, 2.24) is 20.6 Å². The molecule has 0 radical (unpaired) electrons. The quantitative estimate of drug-likeness (QED) is 0.887. The van der Waals surface area contributed by atoms with Crippen molar-refractivity contribution in [3.05, 3.63) is 29.8 Å². The van der Waals surface area contributed by atoms with E-state index < -0.39 is 31.6 Å². The number of benzene rings is 1. The van der Waals surface area contributed by atoms with Crippen molar-refractivity contribution in [1.29, 1.82) is 0 Å². The lowest BCUT2D eigenvalue weighted by molar-refractivity contribution is -0.139. The molecule has 0 bridgehead atoms. The molecule has 10 heteroatoms. The lowest BCUT2D eigenvalue weighted by Gasteiger charge is -2.10. The fourth-order valence-corrected chi connectivity index (χ4v) is 2.54. The van der Waals surface area contributed by atoms with Gasteiger partial charge in [0.1, 0.15) is 0 Å². The molecule has 0 amide bonds. The van der Waals surface area contributed by atoms with E-state index in [1.807, 2.05) is 5.21 Å². The lowest BCUT2D eigenvalue weighted by atomic mass is 10.2. The summed E-state index contributed by atoms with van der Waals surface area (Å²) < 4.78 is 61.8. The molecule has 2 aromatic rings. The van der Waals surface area contributed by atoms with E-state index in [9.17, 15) is 21.6 Å². The van der Waals surface area contributed by atoms with Crippen LogP contribution in [0.3, 0.4) is 0 Å². The summed E-state index contributed by atoms with van der Waals surface area (Å²) in [6, 6.07) is 3.79. The topological polar surface area (TPSA) is 88.6 Å². The van der Waals surface area contributed by atoms with E-state index in [-0.39, 0.29) is 0 Å². The predicted molar refractivity (Wildman–Crippen MR) is 51.1 cm³/mol. The van der Waals surface area contributed by atoms with Crippen molar-refractivity contribution in [3.63, 3.8) is 0 Å². The highest BCUT2D eigenvalue weighted by Crippen LogP contribution is 2.35. The van der Waals surface area contributed by atoms with Crippen LogP contribution in [-0.2, 0) is 16.0 Å². The number of halogens is 3. The Bertz CT molecular complexity index is 651. The van der Waals surface area contributed by atoms with Gasteiger partial charge in [0, 0.05) is 0 Å². The number of aromatic nitrogens is 4. The molecule has 18 heavy (non-hydrogen) atoms. The summed E-state index contributed by atoms with van der Waals surface area (Å²) in [5.41, 5.74) is -1.27. The van der Waals surface area contributed by atoms with Crippen LogP contribution in [0.5, 0.6) is 0 Å². The molecular formula is C8H5F3N4O2S. The summed E-state index contributed by atoms with van der Waals surface area (Å²) in [7, 11) is -4.45. The fourth-order valence-electron chi connectivity index (χ4n) is 1.30. The zero-order valence-electron chi connectivity index (χ0n) is 8.51. The summed E-state index contributed by atoms with van der Waals surface area (Å²) in [6.07, 6.45) is -4.78. The number of hydrogen-bond donors (Lipinski definition) is 1. The second-order valence-electron chi connectivity index (χ2n) is 3.19. The number of sulfone groups is 1. The molecule has 1 N–H and O–H groups in total. The molecule has 0 spiro atoms. The smallest absolute Gasteiger partial charge is 0.215 e. The van der Waals surface area contributed by atoms with Gasteiger partial charge in [-0.1, -0.05) is 17.2 Å². The van der Waals surface area contributed by atoms with Gasteiger partial charge in [0.25, 0.3) is 5.16 Å². The van der Waals surface area contributed by atoms with Gasteiger partial charge in [-0.25, -0.2) is 8.42 Å². The first-order chi connectivity index (χ1) is 8.33. The van der Waals surface area contributed by atoms with Crippen molar-refractivity contribution < 1.29 is 21.6 Å². The molecule has 0 aliphatic heterocycles. The van der Waals surface area contributed by atoms with Crippen LogP contribution in [-0.4, -0.2) is 29.0 Å². The number of alkyl halides is 3. The van der Waals surface area contributed by atoms with Gasteiger partial charge in [0.15, 0.2) is 0 Å². The van der Waals surface area contributed by atoms with Crippen molar-refractivity contribution in [2.24, 2.45) is 0 Å². The number of hydrogen-bond acceptors (Lipinski definition) is 5. The molecule has 0 aliphatic carbocycles. The van der Waals surface area contributed by atoms with Crippen molar-refractivity contribution in [2.45, 2.75) is 16.2 Å². The highest BCUT2D eigenvalue weighted by molar-refractivity contribution is 7.91. The Labute approximate surface area is 98.7 Å². The largest absolute Gasteiger partial charge is 0.417 e. The number of tetrazole rings is 1. The zero-order valence-corrected chi connectivity index (χ0v) is 9.33. The molecule has 2 rings (SSSR count). The minimum absolute atomic E-state index is 0.674. The van der Waals surface area contributed by atoms with E-state index in [0.717, 1.165) is 12.1 Å². The minimum atomic E-state index is -4.78. The molecule has 1 heterocycles. The van der Waals surface area contributed by atoms with E-state index in [2.05, 4.69) is 15.4 Å². The molecule has 0 saturated carbocycles. The van der Waals surface area contributed by atoms with Gasteiger partial charge in [-0.2, -0.15) is 18.4 Å².